The summed E-state index contributed by atoms with van der Waals surface area (Å²) in [4.78, 5) is 24.3. The van der Waals surface area contributed by atoms with Crippen LogP contribution < -0.4 is 27.8 Å². The van der Waals surface area contributed by atoms with Crippen LogP contribution in [0.1, 0.15) is 16.7 Å². The first kappa shape index (κ1) is 20.1. The number of aliphatic hydroxyl groups excluding tert-OH is 1. The maximum atomic E-state index is 13.7. The Labute approximate surface area is 198 Å². The van der Waals surface area contributed by atoms with Gasteiger partial charge < -0.3 is 42.4 Å². The molecule has 1 saturated heterocycles. The molecule has 1 aromatic rings. The number of halogens is 3. The van der Waals surface area contributed by atoms with Crippen LogP contribution in [0, 0.1) is 17.8 Å². The number of aliphatic imine (C=N–C) groups is 2. The predicted molar refractivity (Wildman–Crippen MR) is 120 cm³/mol. The van der Waals surface area contributed by atoms with Gasteiger partial charge in [-0.2, -0.15) is 0 Å². The Kier molecular flexibility index (Phi) is 3.93. The number of nitrogens with zero attached hydrogens (tertiary/aromatic N) is 4. The minimum absolute atomic E-state index is 0.0978. The van der Waals surface area contributed by atoms with E-state index in [0.29, 0.717) is 16.8 Å². The number of alkyl halides is 1. The first-order valence-corrected chi connectivity index (χ1v) is 11.8. The van der Waals surface area contributed by atoms with Crippen molar-refractivity contribution in [3.8, 4) is 0 Å². The highest BCUT2D eigenvalue weighted by molar-refractivity contribution is 9.13. The third-order valence-corrected chi connectivity index (χ3v) is 10.2. The molecule has 1 saturated carbocycles. The van der Waals surface area contributed by atoms with Gasteiger partial charge in [0.25, 0.3) is 5.91 Å². The van der Waals surface area contributed by atoms with Crippen molar-refractivity contribution in [2.75, 3.05) is 13.1 Å². The van der Waals surface area contributed by atoms with E-state index in [1.54, 1.807) is 11.0 Å². The maximum Gasteiger partial charge on any atom is 0.272 e. The van der Waals surface area contributed by atoms with Crippen LogP contribution in [0.4, 0.5) is 0 Å². The molecule has 5 heterocycles. The first-order valence-electron chi connectivity index (χ1n) is 9.81. The highest BCUT2D eigenvalue weighted by Gasteiger charge is 2.79. The molecule has 1 amide bonds. The van der Waals surface area contributed by atoms with Crippen LogP contribution >= 0.6 is 43.5 Å². The zero-order valence-corrected chi connectivity index (χ0v) is 19.9. The summed E-state index contributed by atoms with van der Waals surface area (Å²) in [7, 11) is 0. The van der Waals surface area contributed by atoms with Gasteiger partial charge in [0.1, 0.15) is 15.8 Å². The summed E-state index contributed by atoms with van der Waals surface area (Å²) in [5.74, 6) is -0.639. The lowest BCUT2D eigenvalue weighted by Crippen LogP contribution is -2.74. The van der Waals surface area contributed by atoms with Crippen molar-refractivity contribution in [2.24, 2.45) is 44.9 Å². The van der Waals surface area contributed by atoms with Crippen molar-refractivity contribution in [2.45, 2.75) is 29.0 Å². The molecule has 9 N–H and O–H groups in total. The monoisotopic (exact) mass is 575 g/mol. The lowest BCUT2D eigenvalue weighted by molar-refractivity contribution is -0.0274. The van der Waals surface area contributed by atoms with Gasteiger partial charge in [0.15, 0.2) is 30.0 Å². The number of nitrogens with two attached hydrogens (primary N) is 3. The van der Waals surface area contributed by atoms with Crippen molar-refractivity contribution in [1.82, 2.24) is 20.1 Å². The number of carbonyl (C=O) groups excluding carboxylic acids is 1. The van der Waals surface area contributed by atoms with E-state index in [-0.39, 0.29) is 36.2 Å². The Morgan fingerprint density at radius 3 is 2.65 bits per heavy atom. The second kappa shape index (κ2) is 6.07. The standard InChI is InChI=1S/C17H20Br2ClN9O2/c18-6-1-7-11(30)28-3-5-4(2-21)9(20)16(13(31)25-15(23)26-16)8(5)17(28)12(24-14(22)27-17)29(7)10(6)19/h1,4-5,8-9,12-13,31H,2-3,21H2,(H3,22,24,27)(H3,23,25,26)/t4-,5+,8+,9-,12+,13-,16+,17-/m1/s1. The Hall–Kier alpha value is -1.54. The summed E-state index contributed by atoms with van der Waals surface area (Å²) in [5.41, 5.74) is 16.6. The number of nitrogens with one attached hydrogen (secondary N) is 2. The number of aromatic nitrogens is 1. The fourth-order valence-electron chi connectivity index (χ4n) is 6.60. The molecule has 8 atom stereocenters. The highest BCUT2D eigenvalue weighted by Crippen LogP contribution is 2.63. The molecule has 31 heavy (non-hydrogen) atoms. The SMILES string of the molecule is NC[C@@H]1[C@@H]2CN3C(=O)c4cc(Br)c(Br)n4[C@@H]4N=C(N)N[C@@]43[C@@H]2[C@]2(NC(N)=N[C@@H]2O)[C@@H]1Cl. The van der Waals surface area contributed by atoms with Gasteiger partial charge in [-0.05, 0) is 56.3 Å². The number of aliphatic hydroxyl groups is 1. The van der Waals surface area contributed by atoms with Crippen molar-refractivity contribution < 1.29 is 9.90 Å². The van der Waals surface area contributed by atoms with Crippen LogP contribution in [-0.4, -0.2) is 68.3 Å². The Bertz CT molecular complexity index is 1090. The summed E-state index contributed by atoms with van der Waals surface area (Å²) >= 11 is 14.0. The van der Waals surface area contributed by atoms with Gasteiger partial charge in [0.2, 0.25) is 0 Å². The number of amides is 1. The van der Waals surface area contributed by atoms with E-state index in [2.05, 4.69) is 52.5 Å². The summed E-state index contributed by atoms with van der Waals surface area (Å²) < 4.78 is 3.22. The molecule has 0 aromatic carbocycles. The summed E-state index contributed by atoms with van der Waals surface area (Å²) in [6.45, 7) is 0.670. The fourth-order valence-corrected chi connectivity index (χ4v) is 8.10. The maximum absolute atomic E-state index is 13.7. The molecule has 0 unspecified atom stereocenters. The number of hydrogen-bond acceptors (Lipinski definition) is 9. The Morgan fingerprint density at radius 1 is 1.29 bits per heavy atom. The lowest BCUT2D eigenvalue weighted by atomic mass is 9.73. The van der Waals surface area contributed by atoms with Gasteiger partial charge >= 0.3 is 0 Å². The smallest absolute Gasteiger partial charge is 0.272 e. The van der Waals surface area contributed by atoms with Gasteiger partial charge in [0, 0.05) is 12.5 Å². The van der Waals surface area contributed by atoms with E-state index in [4.69, 9.17) is 28.8 Å². The molecule has 0 radical (unpaired) electrons. The van der Waals surface area contributed by atoms with E-state index in [1.807, 2.05) is 4.57 Å². The van der Waals surface area contributed by atoms with E-state index >= 15 is 0 Å². The summed E-state index contributed by atoms with van der Waals surface area (Å²) in [6, 6.07) is 1.76. The lowest BCUT2D eigenvalue weighted by Gasteiger charge is -2.51. The van der Waals surface area contributed by atoms with Gasteiger partial charge in [0.05, 0.1) is 9.85 Å². The molecule has 2 fully saturated rings. The molecule has 1 aliphatic carbocycles. The third kappa shape index (κ3) is 2.06. The number of guanidine groups is 2. The van der Waals surface area contributed by atoms with Crippen molar-refractivity contribution in [1.29, 1.82) is 0 Å². The molecule has 14 heteroatoms. The van der Waals surface area contributed by atoms with Crippen molar-refractivity contribution in [3.05, 3.63) is 20.8 Å². The van der Waals surface area contributed by atoms with Crippen LogP contribution in [0.2, 0.25) is 0 Å². The van der Waals surface area contributed by atoms with Gasteiger partial charge in [-0.1, -0.05) is 0 Å². The second-order valence-electron chi connectivity index (χ2n) is 8.68. The minimum Gasteiger partial charge on any atom is -0.370 e. The van der Waals surface area contributed by atoms with E-state index < -0.39 is 34.9 Å². The molecule has 1 aromatic heterocycles. The quantitative estimate of drug-likeness (QED) is 0.232. The number of hydrogen-bond donors (Lipinski definition) is 6. The molecule has 0 bridgehead atoms. The minimum atomic E-state index is -1.21. The van der Waals surface area contributed by atoms with Crippen LogP contribution in [0.25, 0.3) is 0 Å². The van der Waals surface area contributed by atoms with E-state index in [0.717, 1.165) is 4.47 Å². The largest absolute Gasteiger partial charge is 0.370 e. The zero-order valence-electron chi connectivity index (χ0n) is 16.0. The highest BCUT2D eigenvalue weighted by atomic mass is 79.9. The van der Waals surface area contributed by atoms with E-state index in [1.165, 1.54) is 0 Å². The normalized spacial score (nSPS) is 44.4. The Balaban J connectivity index is 1.62. The molecule has 6 rings (SSSR count). The number of fused-ring (bicyclic) bond motifs is 4. The molecular weight excluding hydrogens is 558 g/mol. The Morgan fingerprint density at radius 2 is 2.00 bits per heavy atom. The molecule has 11 nitrogen and oxygen atoms in total. The van der Waals surface area contributed by atoms with Crippen LogP contribution in [0.15, 0.2) is 25.1 Å². The molecule has 5 aliphatic rings. The van der Waals surface area contributed by atoms with Crippen molar-refractivity contribution >= 4 is 61.3 Å². The van der Waals surface area contributed by atoms with Crippen LogP contribution in [0.3, 0.4) is 0 Å². The summed E-state index contributed by atoms with van der Waals surface area (Å²) in [5, 5.41) is 17.0. The predicted octanol–water partition coefficient (Wildman–Crippen LogP) is -1.00. The van der Waals surface area contributed by atoms with Crippen molar-refractivity contribution in [3.63, 3.8) is 0 Å². The fraction of sp³-hybridized carbons (Fsp3) is 0.588. The van der Waals surface area contributed by atoms with Gasteiger partial charge in [-0.25, -0.2) is 9.98 Å². The van der Waals surface area contributed by atoms with Crippen LogP contribution in [-0.2, 0) is 0 Å². The first-order chi connectivity index (χ1) is 14.7. The topological polar surface area (TPSA) is 172 Å². The number of carbonyl (C=O) groups is 1. The second-order valence-corrected chi connectivity index (χ2v) is 10.8. The van der Waals surface area contributed by atoms with Gasteiger partial charge in [-0.3, -0.25) is 4.79 Å². The zero-order chi connectivity index (χ0) is 22.0. The molecule has 166 valence electrons. The average molecular weight is 578 g/mol. The molecule has 4 aliphatic heterocycles. The third-order valence-electron chi connectivity index (χ3n) is 7.57. The molecule has 2 spiro atoms. The number of rotatable bonds is 1. The van der Waals surface area contributed by atoms with E-state index in [9.17, 15) is 9.90 Å². The summed E-state index contributed by atoms with van der Waals surface area (Å²) in [6.07, 6.45) is -1.81. The van der Waals surface area contributed by atoms with Crippen LogP contribution in [0.5, 0.6) is 0 Å². The molecular formula is C17H20Br2ClN9O2. The average Bonchev–Trinajstić information content (AvgIpc) is 3.43. The van der Waals surface area contributed by atoms with Gasteiger partial charge in [-0.15, -0.1) is 11.6 Å².